The van der Waals surface area contributed by atoms with Crippen molar-refractivity contribution < 1.29 is 19.2 Å². The zero-order valence-corrected chi connectivity index (χ0v) is 19.6. The summed E-state index contributed by atoms with van der Waals surface area (Å²) in [5.41, 5.74) is 1.07. The van der Waals surface area contributed by atoms with Crippen LogP contribution in [0.1, 0.15) is 50.4 Å². The van der Waals surface area contributed by atoms with Gasteiger partial charge in [0.25, 0.3) is 5.69 Å². The lowest BCUT2D eigenvalue weighted by Gasteiger charge is -2.39. The van der Waals surface area contributed by atoms with Gasteiger partial charge in [-0.15, -0.1) is 0 Å². The van der Waals surface area contributed by atoms with Crippen molar-refractivity contribution in [2.24, 2.45) is 0 Å². The molecule has 0 fully saturated rings. The van der Waals surface area contributed by atoms with E-state index in [0.717, 1.165) is 5.56 Å². The minimum atomic E-state index is -0.859. The molecule has 1 aliphatic heterocycles. The van der Waals surface area contributed by atoms with Gasteiger partial charge in [0.1, 0.15) is 17.9 Å². The number of hydrogen-bond donors (Lipinski definition) is 0. The number of aldehydes is 1. The Balaban J connectivity index is 2.18. The number of carbonyl (C=O) groups is 2. The van der Waals surface area contributed by atoms with E-state index in [9.17, 15) is 19.7 Å². The van der Waals surface area contributed by atoms with Crippen molar-refractivity contribution in [2.45, 2.75) is 51.9 Å². The van der Waals surface area contributed by atoms with Gasteiger partial charge in [-0.2, -0.15) is 5.01 Å². The summed E-state index contributed by atoms with van der Waals surface area (Å²) in [4.78, 5) is 35.8. The van der Waals surface area contributed by atoms with Crippen molar-refractivity contribution in [3.8, 4) is 0 Å². The van der Waals surface area contributed by atoms with Gasteiger partial charge in [0, 0.05) is 28.7 Å². The van der Waals surface area contributed by atoms with Gasteiger partial charge in [-0.05, 0) is 56.5 Å². The summed E-state index contributed by atoms with van der Waals surface area (Å²) in [6.45, 7) is 6.97. The van der Waals surface area contributed by atoms with Crippen molar-refractivity contribution in [1.82, 2.24) is 10.0 Å². The molecule has 1 amide bonds. The second kappa shape index (κ2) is 9.05. The molecule has 0 aliphatic carbocycles. The van der Waals surface area contributed by atoms with E-state index in [-0.39, 0.29) is 12.2 Å². The molecule has 0 aromatic heterocycles. The molecular weight excluding hydrogens is 457 g/mol. The first kappa shape index (κ1) is 24.0. The lowest BCUT2D eigenvalue weighted by molar-refractivity contribution is -0.384. The third kappa shape index (κ3) is 4.87. The molecule has 0 saturated carbocycles. The minimum Gasteiger partial charge on any atom is -0.443 e. The number of hydrazine groups is 1. The molecule has 32 heavy (non-hydrogen) atoms. The molecule has 0 N–H and O–H groups in total. The largest absolute Gasteiger partial charge is 0.443 e. The number of ether oxygens (including phenoxy) is 1. The Hall–Kier alpha value is -2.68. The zero-order valence-electron chi connectivity index (χ0n) is 18.0. The molecule has 0 bridgehead atoms. The third-order valence-corrected chi connectivity index (χ3v) is 5.52. The van der Waals surface area contributed by atoms with Gasteiger partial charge in [-0.1, -0.05) is 35.3 Å². The molecule has 0 radical (unpaired) electrons. The molecule has 2 atom stereocenters. The van der Waals surface area contributed by atoms with Gasteiger partial charge in [0.2, 0.25) is 0 Å². The summed E-state index contributed by atoms with van der Waals surface area (Å²) in [5.74, 6) is 0. The SMILES string of the molecule is C[C@H](C=O)N(C(=O)OC(C)(C)C)N1Cc2ccc([N+](=O)[O-])cc2C1c1ccc(Cl)cc1Cl. The maximum Gasteiger partial charge on any atom is 0.425 e. The maximum atomic E-state index is 13.1. The quantitative estimate of drug-likeness (QED) is 0.317. The van der Waals surface area contributed by atoms with Crippen LogP contribution in [0, 0.1) is 10.1 Å². The molecule has 1 heterocycles. The second-order valence-electron chi connectivity index (χ2n) is 8.51. The Labute approximate surface area is 195 Å². The van der Waals surface area contributed by atoms with Crippen LogP contribution in [0.25, 0.3) is 0 Å². The van der Waals surface area contributed by atoms with Gasteiger partial charge < -0.3 is 9.53 Å². The Bertz CT molecular complexity index is 1070. The van der Waals surface area contributed by atoms with Crippen LogP contribution in [0.3, 0.4) is 0 Å². The standard InChI is InChI=1S/C22H23Cl2N3O5/c1-13(12-28)26(21(29)32-22(2,3)4)25-11-14-5-7-16(27(30)31)10-18(14)20(25)17-8-6-15(23)9-19(17)24/h5-10,12-13,20H,11H2,1-4H3/t13-,20?/m1/s1. The minimum absolute atomic E-state index is 0.0899. The average molecular weight is 480 g/mol. The summed E-state index contributed by atoms with van der Waals surface area (Å²) >= 11 is 12.6. The number of rotatable bonds is 5. The summed E-state index contributed by atoms with van der Waals surface area (Å²) in [5, 5.41) is 15.0. The molecule has 1 unspecified atom stereocenters. The Morgan fingerprint density at radius 3 is 2.50 bits per heavy atom. The van der Waals surface area contributed by atoms with Crippen molar-refractivity contribution in [1.29, 1.82) is 0 Å². The van der Waals surface area contributed by atoms with Gasteiger partial charge in [0.05, 0.1) is 11.0 Å². The molecule has 3 rings (SSSR count). The maximum absolute atomic E-state index is 13.1. The summed E-state index contributed by atoms with van der Waals surface area (Å²) in [6.07, 6.45) is -0.0786. The zero-order chi connectivity index (χ0) is 23.8. The Kier molecular flexibility index (Phi) is 6.78. The fourth-order valence-electron chi connectivity index (χ4n) is 3.64. The van der Waals surface area contributed by atoms with Crippen LogP contribution >= 0.6 is 23.2 Å². The number of non-ortho nitro benzene ring substituents is 1. The van der Waals surface area contributed by atoms with Crippen molar-refractivity contribution in [3.63, 3.8) is 0 Å². The topological polar surface area (TPSA) is 93.0 Å². The lowest BCUT2D eigenvalue weighted by Crippen LogP contribution is -2.52. The van der Waals surface area contributed by atoms with Crippen molar-refractivity contribution in [3.05, 3.63) is 73.2 Å². The summed E-state index contributed by atoms with van der Waals surface area (Å²) < 4.78 is 5.55. The van der Waals surface area contributed by atoms with Crippen LogP contribution in [-0.2, 0) is 16.1 Å². The van der Waals surface area contributed by atoms with E-state index in [4.69, 9.17) is 27.9 Å². The van der Waals surface area contributed by atoms with Crippen molar-refractivity contribution in [2.75, 3.05) is 0 Å². The van der Waals surface area contributed by atoms with E-state index in [1.54, 1.807) is 57.0 Å². The molecule has 8 nitrogen and oxygen atoms in total. The fraction of sp³-hybridized carbons (Fsp3) is 0.364. The highest BCUT2D eigenvalue weighted by atomic mass is 35.5. The van der Waals surface area contributed by atoms with Crippen LogP contribution in [0.2, 0.25) is 10.0 Å². The number of nitro groups is 1. The monoisotopic (exact) mass is 479 g/mol. The fourth-order valence-corrected chi connectivity index (χ4v) is 4.16. The number of halogens is 2. The molecule has 0 spiro atoms. The molecule has 2 aromatic rings. The Morgan fingerprint density at radius 2 is 1.94 bits per heavy atom. The normalized spacial score (nSPS) is 16.9. The van der Waals surface area contributed by atoms with Crippen LogP contribution in [0.15, 0.2) is 36.4 Å². The number of nitrogens with zero attached hydrogens (tertiary/aromatic N) is 3. The molecule has 170 valence electrons. The van der Waals surface area contributed by atoms with Crippen molar-refractivity contribution >= 4 is 41.3 Å². The first-order valence-corrected chi connectivity index (χ1v) is 10.6. The molecule has 2 aromatic carbocycles. The number of carbonyl (C=O) groups excluding carboxylic acids is 2. The third-order valence-electron chi connectivity index (χ3n) is 4.96. The Morgan fingerprint density at radius 1 is 1.25 bits per heavy atom. The van der Waals surface area contributed by atoms with Crippen LogP contribution in [0.4, 0.5) is 10.5 Å². The smallest absolute Gasteiger partial charge is 0.425 e. The highest BCUT2D eigenvalue weighted by Crippen LogP contribution is 2.44. The van der Waals surface area contributed by atoms with Gasteiger partial charge in [-0.25, -0.2) is 9.80 Å². The van der Waals surface area contributed by atoms with E-state index in [2.05, 4.69) is 0 Å². The van der Waals surface area contributed by atoms with Crippen LogP contribution in [0.5, 0.6) is 0 Å². The number of benzene rings is 2. The number of hydrogen-bond acceptors (Lipinski definition) is 6. The first-order chi connectivity index (χ1) is 14.9. The predicted molar refractivity (Wildman–Crippen MR) is 121 cm³/mol. The molecule has 0 saturated heterocycles. The predicted octanol–water partition coefficient (Wildman–Crippen LogP) is 5.55. The van der Waals surface area contributed by atoms with Gasteiger partial charge in [-0.3, -0.25) is 10.1 Å². The second-order valence-corrected chi connectivity index (χ2v) is 9.35. The highest BCUT2D eigenvalue weighted by molar-refractivity contribution is 6.35. The average Bonchev–Trinajstić information content (AvgIpc) is 3.04. The number of nitro benzene ring substituents is 1. The van der Waals surface area contributed by atoms with Crippen LogP contribution < -0.4 is 0 Å². The van der Waals surface area contributed by atoms with E-state index in [1.165, 1.54) is 17.1 Å². The summed E-state index contributed by atoms with van der Waals surface area (Å²) in [6, 6.07) is 7.89. The highest BCUT2D eigenvalue weighted by Gasteiger charge is 2.42. The number of amides is 1. The van der Waals surface area contributed by atoms with Crippen LogP contribution in [-0.4, -0.2) is 39.0 Å². The summed E-state index contributed by atoms with van der Waals surface area (Å²) in [7, 11) is 0. The van der Waals surface area contributed by atoms with Gasteiger partial charge in [0.15, 0.2) is 0 Å². The molecule has 1 aliphatic rings. The van der Waals surface area contributed by atoms with E-state index < -0.39 is 28.7 Å². The molecule has 10 heteroatoms. The van der Waals surface area contributed by atoms with E-state index in [0.29, 0.717) is 27.5 Å². The van der Waals surface area contributed by atoms with E-state index >= 15 is 0 Å². The number of fused-ring (bicyclic) bond motifs is 1. The first-order valence-electron chi connectivity index (χ1n) is 9.89. The molecular formula is C22H23Cl2N3O5. The van der Waals surface area contributed by atoms with Gasteiger partial charge >= 0.3 is 6.09 Å². The lowest BCUT2D eigenvalue weighted by atomic mass is 9.97. The van der Waals surface area contributed by atoms with E-state index in [1.807, 2.05) is 0 Å².